The molecule has 0 aliphatic carbocycles. The van der Waals surface area contributed by atoms with Crippen molar-refractivity contribution in [2.75, 3.05) is 22.5 Å². The van der Waals surface area contributed by atoms with Crippen molar-refractivity contribution in [2.24, 2.45) is 0 Å². The van der Waals surface area contributed by atoms with E-state index >= 15 is 0 Å². The highest BCUT2D eigenvalue weighted by atomic mass is 16.2. The van der Waals surface area contributed by atoms with E-state index in [1.165, 1.54) is 0 Å². The summed E-state index contributed by atoms with van der Waals surface area (Å²) >= 11 is 0. The number of carbonyl (C=O) groups excluding carboxylic acids is 1. The van der Waals surface area contributed by atoms with E-state index in [4.69, 9.17) is 0 Å². The maximum absolute atomic E-state index is 11.8. The standard InChI is InChI=1S/C16H19N3O/c1-2-12-17-13-8-10-15(11-9-13)19-16(20)18-14-6-4-3-5-7-14/h3-11,17H,2,12H2,1H3,(H2,18,19,20). The molecule has 20 heavy (non-hydrogen) atoms. The normalized spacial score (nSPS) is 9.85. The fraction of sp³-hybridized carbons (Fsp3) is 0.188. The van der Waals surface area contributed by atoms with Crippen LogP contribution in [0.3, 0.4) is 0 Å². The lowest BCUT2D eigenvalue weighted by molar-refractivity contribution is 0.262. The van der Waals surface area contributed by atoms with Gasteiger partial charge in [-0.3, -0.25) is 0 Å². The Labute approximate surface area is 119 Å². The molecule has 2 rings (SSSR count). The first kappa shape index (κ1) is 13.9. The summed E-state index contributed by atoms with van der Waals surface area (Å²) in [6.45, 7) is 3.07. The summed E-state index contributed by atoms with van der Waals surface area (Å²) in [5, 5.41) is 8.86. The van der Waals surface area contributed by atoms with Crippen molar-refractivity contribution in [1.29, 1.82) is 0 Å². The Hall–Kier alpha value is -2.49. The molecule has 0 aliphatic rings. The summed E-state index contributed by atoms with van der Waals surface area (Å²) in [5.74, 6) is 0. The molecule has 2 amide bonds. The third-order valence-corrected chi connectivity index (χ3v) is 2.75. The molecule has 104 valence electrons. The van der Waals surface area contributed by atoms with Crippen LogP contribution in [0.2, 0.25) is 0 Å². The van der Waals surface area contributed by atoms with Gasteiger partial charge < -0.3 is 16.0 Å². The third-order valence-electron chi connectivity index (χ3n) is 2.75. The first-order valence-corrected chi connectivity index (χ1v) is 6.75. The van der Waals surface area contributed by atoms with E-state index in [0.717, 1.165) is 30.0 Å². The average molecular weight is 269 g/mol. The molecule has 0 bridgehead atoms. The second kappa shape index (κ2) is 7.19. The van der Waals surface area contributed by atoms with Gasteiger partial charge in [-0.2, -0.15) is 0 Å². The van der Waals surface area contributed by atoms with E-state index in [9.17, 15) is 4.79 Å². The van der Waals surface area contributed by atoms with Crippen LogP contribution in [0.5, 0.6) is 0 Å². The van der Waals surface area contributed by atoms with Gasteiger partial charge in [-0.1, -0.05) is 25.1 Å². The van der Waals surface area contributed by atoms with Crippen molar-refractivity contribution >= 4 is 23.1 Å². The Morgan fingerprint density at radius 3 is 2.00 bits per heavy atom. The van der Waals surface area contributed by atoms with Crippen molar-refractivity contribution in [2.45, 2.75) is 13.3 Å². The number of anilines is 3. The Kier molecular flexibility index (Phi) is 5.00. The fourth-order valence-corrected chi connectivity index (χ4v) is 1.76. The highest BCUT2D eigenvalue weighted by Crippen LogP contribution is 2.14. The number of carbonyl (C=O) groups is 1. The molecule has 0 unspecified atom stereocenters. The van der Waals surface area contributed by atoms with E-state index in [0.29, 0.717) is 0 Å². The highest BCUT2D eigenvalue weighted by Gasteiger charge is 2.02. The lowest BCUT2D eigenvalue weighted by Crippen LogP contribution is -2.19. The van der Waals surface area contributed by atoms with Gasteiger partial charge in [0.05, 0.1) is 0 Å². The van der Waals surface area contributed by atoms with Crippen molar-refractivity contribution in [3.05, 3.63) is 54.6 Å². The highest BCUT2D eigenvalue weighted by molar-refractivity contribution is 5.99. The predicted octanol–water partition coefficient (Wildman–Crippen LogP) is 4.15. The summed E-state index contributed by atoms with van der Waals surface area (Å²) in [4.78, 5) is 11.8. The van der Waals surface area contributed by atoms with Crippen LogP contribution in [0.25, 0.3) is 0 Å². The summed E-state index contributed by atoms with van der Waals surface area (Å²) in [5.41, 5.74) is 2.59. The summed E-state index contributed by atoms with van der Waals surface area (Å²) < 4.78 is 0. The molecule has 0 spiro atoms. The third kappa shape index (κ3) is 4.31. The van der Waals surface area contributed by atoms with E-state index in [-0.39, 0.29) is 6.03 Å². The molecule has 0 saturated heterocycles. The summed E-state index contributed by atoms with van der Waals surface area (Å²) in [6.07, 6.45) is 1.08. The van der Waals surface area contributed by atoms with E-state index in [1.54, 1.807) is 0 Å². The number of nitrogens with one attached hydrogen (secondary N) is 3. The Morgan fingerprint density at radius 1 is 0.850 bits per heavy atom. The molecular weight excluding hydrogens is 250 g/mol. The van der Waals surface area contributed by atoms with Gasteiger partial charge in [0.25, 0.3) is 0 Å². The molecule has 0 atom stereocenters. The zero-order chi connectivity index (χ0) is 14.2. The first-order valence-electron chi connectivity index (χ1n) is 6.75. The second-order valence-corrected chi connectivity index (χ2v) is 4.45. The molecule has 0 radical (unpaired) electrons. The molecule has 4 nitrogen and oxygen atoms in total. The van der Waals surface area contributed by atoms with Crippen molar-refractivity contribution in [1.82, 2.24) is 0 Å². The van der Waals surface area contributed by atoms with Gasteiger partial charge >= 0.3 is 6.03 Å². The van der Waals surface area contributed by atoms with Crippen molar-refractivity contribution < 1.29 is 4.79 Å². The van der Waals surface area contributed by atoms with Crippen LogP contribution in [-0.2, 0) is 0 Å². The van der Waals surface area contributed by atoms with Crippen LogP contribution in [0, 0.1) is 0 Å². The van der Waals surface area contributed by atoms with E-state index in [2.05, 4.69) is 22.9 Å². The van der Waals surface area contributed by atoms with Crippen LogP contribution in [-0.4, -0.2) is 12.6 Å². The monoisotopic (exact) mass is 269 g/mol. The van der Waals surface area contributed by atoms with Gasteiger partial charge in [0.2, 0.25) is 0 Å². The maximum Gasteiger partial charge on any atom is 0.323 e. The topological polar surface area (TPSA) is 53.2 Å². The number of hydrogen-bond acceptors (Lipinski definition) is 2. The first-order chi connectivity index (χ1) is 9.78. The van der Waals surface area contributed by atoms with Gasteiger partial charge in [0.15, 0.2) is 0 Å². The second-order valence-electron chi connectivity index (χ2n) is 4.45. The van der Waals surface area contributed by atoms with Crippen molar-refractivity contribution in [3.63, 3.8) is 0 Å². The minimum absolute atomic E-state index is 0.245. The number of para-hydroxylation sites is 1. The summed E-state index contributed by atoms with van der Waals surface area (Å²) in [6, 6.07) is 16.8. The predicted molar refractivity (Wildman–Crippen MR) is 84.3 cm³/mol. The average Bonchev–Trinajstić information content (AvgIpc) is 2.47. The molecule has 3 N–H and O–H groups in total. The van der Waals surface area contributed by atoms with Crippen LogP contribution < -0.4 is 16.0 Å². The minimum atomic E-state index is -0.245. The molecule has 0 fully saturated rings. The maximum atomic E-state index is 11.8. The summed E-state index contributed by atoms with van der Waals surface area (Å²) in [7, 11) is 0. The minimum Gasteiger partial charge on any atom is -0.385 e. The Balaban J connectivity index is 1.88. The van der Waals surface area contributed by atoms with Crippen LogP contribution in [0.15, 0.2) is 54.6 Å². The number of amides is 2. The number of benzene rings is 2. The van der Waals surface area contributed by atoms with Crippen molar-refractivity contribution in [3.8, 4) is 0 Å². The largest absolute Gasteiger partial charge is 0.385 e. The van der Waals surface area contributed by atoms with Gasteiger partial charge in [-0.05, 0) is 42.8 Å². The number of hydrogen-bond donors (Lipinski definition) is 3. The SMILES string of the molecule is CCCNc1ccc(NC(=O)Nc2ccccc2)cc1. The fourth-order valence-electron chi connectivity index (χ4n) is 1.76. The van der Waals surface area contributed by atoms with Crippen LogP contribution in [0.4, 0.5) is 21.9 Å². The lowest BCUT2D eigenvalue weighted by Gasteiger charge is -2.09. The van der Waals surface area contributed by atoms with Crippen LogP contribution in [0.1, 0.15) is 13.3 Å². The van der Waals surface area contributed by atoms with Crippen LogP contribution >= 0.6 is 0 Å². The molecule has 4 heteroatoms. The zero-order valence-corrected chi connectivity index (χ0v) is 11.5. The molecular formula is C16H19N3O. The Morgan fingerprint density at radius 2 is 1.40 bits per heavy atom. The van der Waals surface area contributed by atoms with Gasteiger partial charge in [0.1, 0.15) is 0 Å². The molecule has 0 saturated carbocycles. The number of rotatable bonds is 5. The van der Waals surface area contributed by atoms with E-state index in [1.807, 2.05) is 54.6 Å². The zero-order valence-electron chi connectivity index (χ0n) is 11.5. The molecule has 2 aromatic rings. The molecule has 0 aliphatic heterocycles. The molecule has 0 heterocycles. The van der Waals surface area contributed by atoms with Gasteiger partial charge in [0, 0.05) is 23.6 Å². The van der Waals surface area contributed by atoms with E-state index < -0.39 is 0 Å². The quantitative estimate of drug-likeness (QED) is 0.763. The lowest BCUT2D eigenvalue weighted by atomic mass is 10.2. The molecule has 2 aromatic carbocycles. The number of urea groups is 1. The Bertz CT molecular complexity index is 537. The molecule has 0 aromatic heterocycles. The van der Waals surface area contributed by atoms with Gasteiger partial charge in [-0.25, -0.2) is 4.79 Å². The smallest absolute Gasteiger partial charge is 0.323 e. The van der Waals surface area contributed by atoms with Gasteiger partial charge in [-0.15, -0.1) is 0 Å².